The number of furan rings is 1. The van der Waals surface area contributed by atoms with Crippen LogP contribution in [0.15, 0.2) is 16.7 Å². The first-order valence-corrected chi connectivity index (χ1v) is 9.38. The van der Waals surface area contributed by atoms with E-state index in [1.54, 1.807) is 17.2 Å². The van der Waals surface area contributed by atoms with Crippen molar-refractivity contribution < 1.29 is 23.5 Å². The van der Waals surface area contributed by atoms with Gasteiger partial charge in [-0.25, -0.2) is 0 Å². The number of amides is 2. The number of carbonyl (C=O) groups excluding carboxylic acids is 2. The number of carbonyl (C=O) groups is 2. The van der Waals surface area contributed by atoms with Crippen LogP contribution >= 0.6 is 0 Å². The molecule has 4 heterocycles. The number of aryl methyl sites for hydroxylation is 1. The first-order valence-electron chi connectivity index (χ1n) is 9.38. The van der Waals surface area contributed by atoms with Gasteiger partial charge in [0.25, 0.3) is 5.91 Å². The van der Waals surface area contributed by atoms with Crippen LogP contribution in [0.1, 0.15) is 29.0 Å². The SMILES string of the molecule is Cc1ccoc1C(=O)N1C[C@@H](C(=O)N2CCOCC2)C2(CCOCC2)C1. The van der Waals surface area contributed by atoms with E-state index in [2.05, 4.69) is 0 Å². The second-order valence-corrected chi connectivity index (χ2v) is 7.58. The van der Waals surface area contributed by atoms with E-state index in [1.165, 1.54) is 0 Å². The standard InChI is InChI=1S/C19H26N2O5/c1-14-2-7-26-16(14)18(23)21-12-15(17(22)20-5-10-25-11-6-20)19(13-21)3-8-24-9-4-19/h2,7,15H,3-6,8-13H2,1H3/t15-/m0/s1. The zero-order valence-electron chi connectivity index (χ0n) is 15.2. The molecular weight excluding hydrogens is 336 g/mol. The molecule has 3 aliphatic heterocycles. The monoisotopic (exact) mass is 362 g/mol. The third kappa shape index (κ3) is 3.03. The van der Waals surface area contributed by atoms with Gasteiger partial charge in [0.05, 0.1) is 25.4 Å². The average Bonchev–Trinajstić information content (AvgIpc) is 3.26. The molecule has 26 heavy (non-hydrogen) atoms. The van der Waals surface area contributed by atoms with Crippen molar-refractivity contribution in [2.24, 2.45) is 11.3 Å². The van der Waals surface area contributed by atoms with Crippen LogP contribution in [0.2, 0.25) is 0 Å². The molecule has 3 fully saturated rings. The molecule has 7 heteroatoms. The Hall–Kier alpha value is -1.86. The topological polar surface area (TPSA) is 72.2 Å². The molecule has 7 nitrogen and oxygen atoms in total. The fourth-order valence-corrected chi connectivity index (χ4v) is 4.49. The van der Waals surface area contributed by atoms with Gasteiger partial charge in [-0.15, -0.1) is 0 Å². The van der Waals surface area contributed by atoms with Crippen molar-refractivity contribution in [2.45, 2.75) is 19.8 Å². The quantitative estimate of drug-likeness (QED) is 0.793. The highest BCUT2D eigenvalue weighted by atomic mass is 16.5. The first-order chi connectivity index (χ1) is 12.6. The highest BCUT2D eigenvalue weighted by Gasteiger charge is 2.53. The van der Waals surface area contributed by atoms with E-state index in [4.69, 9.17) is 13.9 Å². The Kier molecular flexibility index (Phi) is 4.75. The third-order valence-electron chi connectivity index (χ3n) is 6.10. The number of nitrogens with zero attached hydrogens (tertiary/aromatic N) is 2. The molecule has 0 N–H and O–H groups in total. The molecule has 4 rings (SSSR count). The summed E-state index contributed by atoms with van der Waals surface area (Å²) in [6, 6.07) is 1.80. The Labute approximate surface area is 153 Å². The fourth-order valence-electron chi connectivity index (χ4n) is 4.49. The maximum absolute atomic E-state index is 13.3. The van der Waals surface area contributed by atoms with Gasteiger partial charge >= 0.3 is 0 Å². The van der Waals surface area contributed by atoms with Crippen molar-refractivity contribution in [3.63, 3.8) is 0 Å². The lowest BCUT2D eigenvalue weighted by molar-refractivity contribution is -0.144. The summed E-state index contributed by atoms with van der Waals surface area (Å²) in [5.41, 5.74) is 0.642. The van der Waals surface area contributed by atoms with Crippen LogP contribution in [0.4, 0.5) is 0 Å². The highest BCUT2D eigenvalue weighted by molar-refractivity contribution is 5.94. The van der Waals surface area contributed by atoms with Crippen LogP contribution in [0.3, 0.4) is 0 Å². The first kappa shape index (κ1) is 17.5. The molecule has 1 aromatic heterocycles. The van der Waals surface area contributed by atoms with Gasteiger partial charge in [0.15, 0.2) is 5.76 Å². The summed E-state index contributed by atoms with van der Waals surface area (Å²) in [6.07, 6.45) is 3.17. The molecule has 0 radical (unpaired) electrons. The summed E-state index contributed by atoms with van der Waals surface area (Å²) in [5, 5.41) is 0. The summed E-state index contributed by atoms with van der Waals surface area (Å²) in [5.74, 6) is 0.243. The van der Waals surface area contributed by atoms with Crippen LogP contribution in [-0.2, 0) is 14.3 Å². The molecule has 1 aromatic rings. The number of ether oxygens (including phenoxy) is 2. The number of hydrogen-bond donors (Lipinski definition) is 0. The highest BCUT2D eigenvalue weighted by Crippen LogP contribution is 2.45. The number of hydrogen-bond acceptors (Lipinski definition) is 5. The van der Waals surface area contributed by atoms with E-state index >= 15 is 0 Å². The van der Waals surface area contributed by atoms with E-state index < -0.39 is 0 Å². The van der Waals surface area contributed by atoms with Gasteiger partial charge in [-0.1, -0.05) is 0 Å². The molecule has 3 saturated heterocycles. The maximum Gasteiger partial charge on any atom is 0.289 e. The van der Waals surface area contributed by atoms with Crippen LogP contribution < -0.4 is 0 Å². The summed E-state index contributed by atoms with van der Waals surface area (Å²) in [4.78, 5) is 29.9. The molecule has 0 bridgehead atoms. The van der Waals surface area contributed by atoms with E-state index in [9.17, 15) is 9.59 Å². The average molecular weight is 362 g/mol. The van der Waals surface area contributed by atoms with Crippen molar-refractivity contribution in [3.05, 3.63) is 23.7 Å². The molecule has 0 aromatic carbocycles. The molecule has 2 amide bonds. The van der Waals surface area contributed by atoms with Crippen LogP contribution in [0.5, 0.6) is 0 Å². The molecule has 0 unspecified atom stereocenters. The van der Waals surface area contributed by atoms with E-state index in [-0.39, 0.29) is 23.1 Å². The zero-order chi connectivity index (χ0) is 18.1. The van der Waals surface area contributed by atoms with Crippen molar-refractivity contribution >= 4 is 11.8 Å². The zero-order valence-corrected chi connectivity index (χ0v) is 15.2. The fraction of sp³-hybridized carbons (Fsp3) is 0.684. The number of likely N-dealkylation sites (tertiary alicyclic amines) is 1. The molecule has 1 atom stereocenters. The van der Waals surface area contributed by atoms with Crippen LogP contribution in [0, 0.1) is 18.3 Å². The summed E-state index contributed by atoms with van der Waals surface area (Å²) < 4.78 is 16.3. The van der Waals surface area contributed by atoms with Crippen molar-refractivity contribution in [1.82, 2.24) is 9.80 Å². The molecule has 1 spiro atoms. The Bertz CT molecular complexity index is 673. The van der Waals surface area contributed by atoms with Crippen LogP contribution in [0.25, 0.3) is 0 Å². The predicted octanol–water partition coefficient (Wildman–Crippen LogP) is 1.32. The van der Waals surface area contributed by atoms with Gasteiger partial charge < -0.3 is 23.7 Å². The largest absolute Gasteiger partial charge is 0.459 e. The lowest BCUT2D eigenvalue weighted by atomic mass is 9.71. The van der Waals surface area contributed by atoms with E-state index in [0.29, 0.717) is 58.4 Å². The van der Waals surface area contributed by atoms with E-state index in [1.807, 2.05) is 11.8 Å². The van der Waals surface area contributed by atoms with E-state index in [0.717, 1.165) is 18.4 Å². The van der Waals surface area contributed by atoms with Gasteiger partial charge in [-0.3, -0.25) is 9.59 Å². The third-order valence-corrected chi connectivity index (χ3v) is 6.10. The second kappa shape index (κ2) is 7.04. The number of rotatable bonds is 2. The summed E-state index contributed by atoms with van der Waals surface area (Å²) >= 11 is 0. The van der Waals surface area contributed by atoms with Gasteiger partial charge in [0.1, 0.15) is 0 Å². The Morgan fingerprint density at radius 1 is 1.08 bits per heavy atom. The van der Waals surface area contributed by atoms with Gasteiger partial charge in [-0.05, 0) is 25.8 Å². The maximum atomic E-state index is 13.3. The van der Waals surface area contributed by atoms with Crippen molar-refractivity contribution in [2.75, 3.05) is 52.6 Å². The van der Waals surface area contributed by atoms with Crippen molar-refractivity contribution in [3.8, 4) is 0 Å². The summed E-state index contributed by atoms with van der Waals surface area (Å²) in [7, 11) is 0. The van der Waals surface area contributed by atoms with Crippen LogP contribution in [-0.4, -0.2) is 74.2 Å². The smallest absolute Gasteiger partial charge is 0.289 e. The lowest BCUT2D eigenvalue weighted by Gasteiger charge is -2.39. The second-order valence-electron chi connectivity index (χ2n) is 7.58. The Morgan fingerprint density at radius 3 is 2.42 bits per heavy atom. The summed E-state index contributed by atoms with van der Waals surface area (Å²) in [6.45, 7) is 6.65. The molecule has 3 aliphatic rings. The minimum atomic E-state index is -0.191. The molecule has 0 saturated carbocycles. The Balaban J connectivity index is 1.57. The van der Waals surface area contributed by atoms with Gasteiger partial charge in [-0.2, -0.15) is 0 Å². The normalized spacial score (nSPS) is 25.7. The molecule has 142 valence electrons. The van der Waals surface area contributed by atoms with Crippen molar-refractivity contribution in [1.29, 1.82) is 0 Å². The molecular formula is C19H26N2O5. The number of morpholine rings is 1. The Morgan fingerprint density at radius 2 is 1.77 bits per heavy atom. The molecule has 0 aliphatic carbocycles. The minimum Gasteiger partial charge on any atom is -0.459 e. The van der Waals surface area contributed by atoms with Gasteiger partial charge in [0.2, 0.25) is 5.91 Å². The minimum absolute atomic E-state index is 0.115. The predicted molar refractivity (Wildman–Crippen MR) is 92.7 cm³/mol. The lowest BCUT2D eigenvalue weighted by Crippen LogP contribution is -2.49. The van der Waals surface area contributed by atoms with Gasteiger partial charge in [0, 0.05) is 50.4 Å².